The second kappa shape index (κ2) is 5.90. The van der Waals surface area contributed by atoms with E-state index in [9.17, 15) is 9.18 Å². The maximum Gasteiger partial charge on any atom is 0.331 e. The van der Waals surface area contributed by atoms with Gasteiger partial charge in [-0.1, -0.05) is 18.2 Å². The first-order valence-electron chi connectivity index (χ1n) is 4.83. The Morgan fingerprint density at radius 2 is 2.19 bits per heavy atom. The van der Waals surface area contributed by atoms with E-state index in [4.69, 9.17) is 0 Å². The number of benzene rings is 1. The van der Waals surface area contributed by atoms with Crippen LogP contribution in [0.25, 0.3) is 0 Å². The summed E-state index contributed by atoms with van der Waals surface area (Å²) in [5.74, 6) is -0.679. The summed E-state index contributed by atoms with van der Waals surface area (Å²) >= 11 is 0. The van der Waals surface area contributed by atoms with Crippen molar-refractivity contribution in [2.45, 2.75) is 6.54 Å². The standard InChI is InChI=1S/C12H14FNO2/c1-14(8-7-12(15)16-2)9-10-5-3-4-6-11(10)13/h3-8H,9H2,1-2H3. The number of methoxy groups -OCH3 is 1. The molecule has 0 unspecified atom stereocenters. The summed E-state index contributed by atoms with van der Waals surface area (Å²) in [5.41, 5.74) is 0.583. The highest BCUT2D eigenvalue weighted by molar-refractivity contribution is 5.81. The molecule has 0 radical (unpaired) electrons. The van der Waals surface area contributed by atoms with Crippen LogP contribution in [-0.4, -0.2) is 25.0 Å². The molecule has 0 saturated heterocycles. The fourth-order valence-electron chi connectivity index (χ4n) is 1.20. The van der Waals surface area contributed by atoms with E-state index in [-0.39, 0.29) is 5.82 Å². The van der Waals surface area contributed by atoms with Gasteiger partial charge >= 0.3 is 5.97 Å². The second-order valence-electron chi connectivity index (χ2n) is 3.35. The molecule has 1 aromatic carbocycles. The Kier molecular flexibility index (Phi) is 4.51. The van der Waals surface area contributed by atoms with Crippen molar-refractivity contribution in [2.75, 3.05) is 14.2 Å². The van der Waals surface area contributed by atoms with Crippen LogP contribution < -0.4 is 0 Å². The average Bonchev–Trinajstić information content (AvgIpc) is 2.29. The monoisotopic (exact) mass is 223 g/mol. The first kappa shape index (κ1) is 12.2. The first-order chi connectivity index (χ1) is 7.63. The largest absolute Gasteiger partial charge is 0.466 e. The lowest BCUT2D eigenvalue weighted by Crippen LogP contribution is -2.12. The lowest BCUT2D eigenvalue weighted by molar-refractivity contribution is -0.134. The van der Waals surface area contributed by atoms with Crippen LogP contribution in [0.3, 0.4) is 0 Å². The predicted octanol–water partition coefficient (Wildman–Crippen LogP) is 1.94. The molecule has 0 N–H and O–H groups in total. The maximum atomic E-state index is 13.3. The Balaban J connectivity index is 2.58. The van der Waals surface area contributed by atoms with E-state index in [0.717, 1.165) is 0 Å². The van der Waals surface area contributed by atoms with Crippen LogP contribution in [-0.2, 0) is 16.1 Å². The molecule has 0 aliphatic rings. The normalized spacial score (nSPS) is 10.4. The van der Waals surface area contributed by atoms with E-state index in [1.165, 1.54) is 19.3 Å². The van der Waals surface area contributed by atoms with E-state index in [1.807, 2.05) is 0 Å². The van der Waals surface area contributed by atoms with Crippen LogP contribution in [0.1, 0.15) is 5.56 Å². The molecule has 0 amide bonds. The van der Waals surface area contributed by atoms with Gasteiger partial charge in [-0.2, -0.15) is 0 Å². The Bertz CT molecular complexity index is 390. The third-order valence-corrected chi connectivity index (χ3v) is 2.04. The summed E-state index contributed by atoms with van der Waals surface area (Å²) in [4.78, 5) is 12.5. The number of esters is 1. The number of ether oxygens (including phenoxy) is 1. The number of hydrogen-bond donors (Lipinski definition) is 0. The van der Waals surface area contributed by atoms with Gasteiger partial charge < -0.3 is 9.64 Å². The van der Waals surface area contributed by atoms with Gasteiger partial charge in [-0.05, 0) is 6.07 Å². The van der Waals surface area contributed by atoms with Crippen LogP contribution in [0.4, 0.5) is 4.39 Å². The molecule has 0 aliphatic heterocycles. The van der Waals surface area contributed by atoms with Gasteiger partial charge in [-0.3, -0.25) is 0 Å². The topological polar surface area (TPSA) is 29.5 Å². The van der Waals surface area contributed by atoms with Crippen LogP contribution in [0, 0.1) is 5.82 Å². The lowest BCUT2D eigenvalue weighted by Gasteiger charge is -2.13. The zero-order chi connectivity index (χ0) is 12.0. The number of rotatable bonds is 4. The van der Waals surface area contributed by atoms with Crippen molar-refractivity contribution < 1.29 is 13.9 Å². The molecule has 1 aromatic rings. The Morgan fingerprint density at radius 3 is 2.81 bits per heavy atom. The van der Waals surface area contributed by atoms with E-state index < -0.39 is 5.97 Å². The van der Waals surface area contributed by atoms with Crippen molar-refractivity contribution in [1.82, 2.24) is 4.90 Å². The first-order valence-corrected chi connectivity index (χ1v) is 4.83. The molecule has 0 spiro atoms. The van der Waals surface area contributed by atoms with Gasteiger partial charge in [0.05, 0.1) is 7.11 Å². The van der Waals surface area contributed by atoms with Gasteiger partial charge in [0, 0.05) is 31.4 Å². The van der Waals surface area contributed by atoms with Crippen molar-refractivity contribution in [3.05, 3.63) is 47.9 Å². The summed E-state index contributed by atoms with van der Waals surface area (Å²) in [5, 5.41) is 0. The molecule has 0 aromatic heterocycles. The minimum absolute atomic E-state index is 0.249. The Hall–Kier alpha value is -1.84. The number of carbonyl (C=O) groups excluding carboxylic acids is 1. The molecular weight excluding hydrogens is 209 g/mol. The zero-order valence-electron chi connectivity index (χ0n) is 9.31. The Morgan fingerprint density at radius 1 is 1.50 bits per heavy atom. The molecule has 86 valence electrons. The number of halogens is 1. The minimum Gasteiger partial charge on any atom is -0.466 e. The molecular formula is C12H14FNO2. The third-order valence-electron chi connectivity index (χ3n) is 2.04. The van der Waals surface area contributed by atoms with Crippen LogP contribution in [0.5, 0.6) is 0 Å². The summed E-state index contributed by atoms with van der Waals surface area (Å²) in [6.45, 7) is 0.403. The Labute approximate surface area is 94.1 Å². The summed E-state index contributed by atoms with van der Waals surface area (Å²) < 4.78 is 17.7. The van der Waals surface area contributed by atoms with Gasteiger partial charge in [0.15, 0.2) is 0 Å². The highest BCUT2D eigenvalue weighted by Gasteiger charge is 2.02. The fraction of sp³-hybridized carbons (Fsp3) is 0.250. The van der Waals surface area contributed by atoms with Gasteiger partial charge in [0.25, 0.3) is 0 Å². The van der Waals surface area contributed by atoms with Gasteiger partial charge in [0.1, 0.15) is 5.82 Å². The maximum absolute atomic E-state index is 13.3. The van der Waals surface area contributed by atoms with Crippen molar-refractivity contribution in [1.29, 1.82) is 0 Å². The molecule has 16 heavy (non-hydrogen) atoms. The van der Waals surface area contributed by atoms with Crippen LogP contribution >= 0.6 is 0 Å². The molecule has 0 fully saturated rings. The highest BCUT2D eigenvalue weighted by Crippen LogP contribution is 2.08. The minimum atomic E-state index is -0.430. The highest BCUT2D eigenvalue weighted by atomic mass is 19.1. The molecule has 0 atom stereocenters. The molecule has 0 aliphatic carbocycles. The fourth-order valence-corrected chi connectivity index (χ4v) is 1.20. The average molecular weight is 223 g/mol. The molecule has 0 heterocycles. The number of carbonyl (C=O) groups is 1. The van der Waals surface area contributed by atoms with Crippen molar-refractivity contribution in [3.8, 4) is 0 Å². The quantitative estimate of drug-likeness (QED) is 0.577. The number of nitrogens with zero attached hydrogens (tertiary/aromatic N) is 1. The van der Waals surface area contributed by atoms with E-state index in [2.05, 4.69) is 4.74 Å². The van der Waals surface area contributed by atoms with Gasteiger partial charge in [-0.25, -0.2) is 9.18 Å². The van der Waals surface area contributed by atoms with Crippen molar-refractivity contribution in [3.63, 3.8) is 0 Å². The zero-order valence-corrected chi connectivity index (χ0v) is 9.31. The van der Waals surface area contributed by atoms with E-state index in [0.29, 0.717) is 12.1 Å². The molecule has 0 bridgehead atoms. The molecule has 4 heteroatoms. The lowest BCUT2D eigenvalue weighted by atomic mass is 10.2. The third kappa shape index (κ3) is 3.73. The molecule has 0 saturated carbocycles. The SMILES string of the molecule is COC(=O)C=CN(C)Cc1ccccc1F. The predicted molar refractivity (Wildman–Crippen MR) is 59.0 cm³/mol. The van der Waals surface area contributed by atoms with Crippen molar-refractivity contribution >= 4 is 5.97 Å². The molecule has 1 rings (SSSR count). The molecule has 3 nitrogen and oxygen atoms in total. The van der Waals surface area contributed by atoms with E-state index in [1.54, 1.807) is 36.3 Å². The van der Waals surface area contributed by atoms with Crippen LogP contribution in [0.15, 0.2) is 36.5 Å². The van der Waals surface area contributed by atoms with Gasteiger partial charge in [0.2, 0.25) is 0 Å². The van der Waals surface area contributed by atoms with Gasteiger partial charge in [-0.15, -0.1) is 0 Å². The van der Waals surface area contributed by atoms with E-state index >= 15 is 0 Å². The summed E-state index contributed by atoms with van der Waals surface area (Å²) in [6, 6.07) is 6.53. The second-order valence-corrected chi connectivity index (χ2v) is 3.35. The summed E-state index contributed by atoms with van der Waals surface area (Å²) in [6.07, 6.45) is 2.85. The van der Waals surface area contributed by atoms with Crippen molar-refractivity contribution in [2.24, 2.45) is 0 Å². The summed E-state index contributed by atoms with van der Waals surface area (Å²) in [7, 11) is 3.06. The smallest absolute Gasteiger partial charge is 0.331 e. The number of hydrogen-bond acceptors (Lipinski definition) is 3. The van der Waals surface area contributed by atoms with Crippen LogP contribution in [0.2, 0.25) is 0 Å².